The standard InChI is InChI=1S/C22H29N3O3S/c1-16-5-4-14-25(15-16)21-12-8-18(9-13-21)17(2)23-22(26)19-6-10-20(11-7-19)24-29(3,27)28/h6-13,16-17,24H,4-5,14-15H2,1-3H3,(H,23,26)/t16-,17+/m1/s1. The number of piperidine rings is 1. The Hall–Kier alpha value is -2.54. The summed E-state index contributed by atoms with van der Waals surface area (Å²) >= 11 is 0. The highest BCUT2D eigenvalue weighted by molar-refractivity contribution is 7.92. The number of hydrogen-bond acceptors (Lipinski definition) is 4. The van der Waals surface area contributed by atoms with Crippen molar-refractivity contribution in [3.63, 3.8) is 0 Å². The Morgan fingerprint density at radius 2 is 1.76 bits per heavy atom. The maximum absolute atomic E-state index is 12.5. The van der Waals surface area contributed by atoms with Crippen LogP contribution in [0.5, 0.6) is 0 Å². The molecule has 2 aromatic rings. The molecule has 0 radical (unpaired) electrons. The normalized spacial score (nSPS) is 18.2. The number of rotatable bonds is 6. The second kappa shape index (κ2) is 8.86. The molecule has 0 aromatic heterocycles. The van der Waals surface area contributed by atoms with Crippen LogP contribution in [0.4, 0.5) is 11.4 Å². The molecule has 2 aromatic carbocycles. The minimum atomic E-state index is -3.33. The van der Waals surface area contributed by atoms with Crippen molar-refractivity contribution in [1.29, 1.82) is 0 Å². The van der Waals surface area contributed by atoms with Gasteiger partial charge < -0.3 is 10.2 Å². The van der Waals surface area contributed by atoms with Crippen LogP contribution in [0.25, 0.3) is 0 Å². The molecular weight excluding hydrogens is 386 g/mol. The van der Waals surface area contributed by atoms with Gasteiger partial charge in [0.25, 0.3) is 5.91 Å². The van der Waals surface area contributed by atoms with Crippen molar-refractivity contribution in [1.82, 2.24) is 5.32 Å². The number of benzene rings is 2. The quantitative estimate of drug-likeness (QED) is 0.752. The molecule has 0 bridgehead atoms. The molecular formula is C22H29N3O3S. The first-order valence-corrected chi connectivity index (χ1v) is 11.8. The van der Waals surface area contributed by atoms with Crippen molar-refractivity contribution < 1.29 is 13.2 Å². The monoisotopic (exact) mass is 415 g/mol. The first-order valence-electron chi connectivity index (χ1n) is 9.95. The van der Waals surface area contributed by atoms with Gasteiger partial charge in [0.2, 0.25) is 10.0 Å². The number of sulfonamides is 1. The van der Waals surface area contributed by atoms with E-state index in [0.717, 1.165) is 30.8 Å². The molecule has 0 saturated carbocycles. The molecule has 1 aliphatic heterocycles. The Kier molecular flexibility index (Phi) is 6.47. The zero-order valence-corrected chi connectivity index (χ0v) is 18.0. The summed E-state index contributed by atoms with van der Waals surface area (Å²) in [7, 11) is -3.33. The minimum Gasteiger partial charge on any atom is -0.371 e. The van der Waals surface area contributed by atoms with Crippen LogP contribution >= 0.6 is 0 Å². The van der Waals surface area contributed by atoms with Gasteiger partial charge in [-0.25, -0.2) is 8.42 Å². The summed E-state index contributed by atoms with van der Waals surface area (Å²) in [5, 5.41) is 3.00. The van der Waals surface area contributed by atoms with E-state index in [1.54, 1.807) is 24.3 Å². The van der Waals surface area contributed by atoms with Crippen LogP contribution in [0.2, 0.25) is 0 Å². The molecule has 1 amide bonds. The van der Waals surface area contributed by atoms with Gasteiger partial charge in [0, 0.05) is 30.0 Å². The van der Waals surface area contributed by atoms with Crippen LogP contribution in [-0.4, -0.2) is 33.7 Å². The molecule has 6 nitrogen and oxygen atoms in total. The maximum atomic E-state index is 12.5. The van der Waals surface area contributed by atoms with Gasteiger partial charge in [-0.2, -0.15) is 0 Å². The van der Waals surface area contributed by atoms with E-state index < -0.39 is 10.0 Å². The molecule has 7 heteroatoms. The second-order valence-electron chi connectivity index (χ2n) is 7.93. The summed E-state index contributed by atoms with van der Waals surface area (Å²) in [4.78, 5) is 14.9. The third-order valence-corrected chi connectivity index (χ3v) is 5.82. The van der Waals surface area contributed by atoms with E-state index >= 15 is 0 Å². The molecule has 3 rings (SSSR count). The fraction of sp³-hybridized carbons (Fsp3) is 0.409. The van der Waals surface area contributed by atoms with Crippen molar-refractivity contribution >= 4 is 27.3 Å². The summed E-state index contributed by atoms with van der Waals surface area (Å²) < 4.78 is 24.9. The lowest BCUT2D eigenvalue weighted by Crippen LogP contribution is -2.34. The predicted molar refractivity (Wildman–Crippen MR) is 118 cm³/mol. The minimum absolute atomic E-state index is 0.134. The number of hydrogen-bond donors (Lipinski definition) is 2. The number of carbonyl (C=O) groups is 1. The number of nitrogens with zero attached hydrogens (tertiary/aromatic N) is 1. The number of carbonyl (C=O) groups excluding carboxylic acids is 1. The van der Waals surface area contributed by atoms with E-state index in [0.29, 0.717) is 11.3 Å². The molecule has 1 fully saturated rings. The first kappa shape index (κ1) is 21.2. The van der Waals surface area contributed by atoms with Crippen molar-refractivity contribution in [2.45, 2.75) is 32.7 Å². The van der Waals surface area contributed by atoms with E-state index in [4.69, 9.17) is 0 Å². The molecule has 1 heterocycles. The van der Waals surface area contributed by atoms with Gasteiger partial charge in [0.05, 0.1) is 12.3 Å². The Morgan fingerprint density at radius 1 is 1.10 bits per heavy atom. The van der Waals surface area contributed by atoms with E-state index in [-0.39, 0.29) is 11.9 Å². The van der Waals surface area contributed by atoms with Gasteiger partial charge in [-0.15, -0.1) is 0 Å². The lowest BCUT2D eigenvalue weighted by atomic mass is 9.99. The highest BCUT2D eigenvalue weighted by atomic mass is 32.2. The summed E-state index contributed by atoms with van der Waals surface area (Å²) in [6, 6.07) is 14.6. The average Bonchev–Trinajstić information content (AvgIpc) is 2.67. The highest BCUT2D eigenvalue weighted by Gasteiger charge is 2.17. The topological polar surface area (TPSA) is 78.5 Å². The lowest BCUT2D eigenvalue weighted by Gasteiger charge is -2.33. The zero-order chi connectivity index (χ0) is 21.0. The van der Waals surface area contributed by atoms with Crippen LogP contribution in [-0.2, 0) is 10.0 Å². The molecule has 0 unspecified atom stereocenters. The Labute approximate surface area is 173 Å². The second-order valence-corrected chi connectivity index (χ2v) is 9.68. The van der Waals surface area contributed by atoms with Crippen LogP contribution < -0.4 is 14.9 Å². The highest BCUT2D eigenvalue weighted by Crippen LogP contribution is 2.24. The van der Waals surface area contributed by atoms with Gasteiger partial charge in [0.1, 0.15) is 0 Å². The molecule has 29 heavy (non-hydrogen) atoms. The van der Waals surface area contributed by atoms with Gasteiger partial charge in [-0.3, -0.25) is 9.52 Å². The van der Waals surface area contributed by atoms with Crippen molar-refractivity contribution in [3.8, 4) is 0 Å². The fourth-order valence-electron chi connectivity index (χ4n) is 3.66. The lowest BCUT2D eigenvalue weighted by molar-refractivity contribution is 0.0940. The number of amides is 1. The van der Waals surface area contributed by atoms with Gasteiger partial charge in [-0.1, -0.05) is 19.1 Å². The first-order chi connectivity index (χ1) is 13.7. The van der Waals surface area contributed by atoms with Crippen molar-refractivity contribution in [3.05, 3.63) is 59.7 Å². The average molecular weight is 416 g/mol. The number of nitrogens with one attached hydrogen (secondary N) is 2. The molecule has 1 saturated heterocycles. The van der Waals surface area contributed by atoms with Crippen LogP contribution in [0.15, 0.2) is 48.5 Å². The molecule has 2 N–H and O–H groups in total. The van der Waals surface area contributed by atoms with Crippen molar-refractivity contribution in [2.75, 3.05) is 29.0 Å². The largest absolute Gasteiger partial charge is 0.371 e. The maximum Gasteiger partial charge on any atom is 0.251 e. The van der Waals surface area contributed by atoms with E-state index in [1.165, 1.54) is 18.5 Å². The van der Waals surface area contributed by atoms with E-state index in [2.05, 4.69) is 46.1 Å². The number of anilines is 2. The SMILES string of the molecule is C[C@@H]1CCCN(c2ccc([C@H](C)NC(=O)c3ccc(NS(C)(=O)=O)cc3)cc2)C1. The Morgan fingerprint density at radius 3 is 2.34 bits per heavy atom. The third-order valence-electron chi connectivity index (χ3n) is 5.21. The third kappa shape index (κ3) is 5.97. The fourth-order valence-corrected chi connectivity index (χ4v) is 4.23. The predicted octanol–water partition coefficient (Wildman–Crippen LogP) is 3.79. The van der Waals surface area contributed by atoms with Gasteiger partial charge >= 0.3 is 0 Å². The summed E-state index contributed by atoms with van der Waals surface area (Å²) in [6.45, 7) is 6.44. The van der Waals surface area contributed by atoms with Crippen LogP contribution in [0.1, 0.15) is 48.7 Å². The molecule has 0 aliphatic carbocycles. The summed E-state index contributed by atoms with van der Waals surface area (Å²) in [6.07, 6.45) is 3.61. The van der Waals surface area contributed by atoms with Crippen molar-refractivity contribution in [2.24, 2.45) is 5.92 Å². The Balaban J connectivity index is 1.60. The molecule has 0 spiro atoms. The van der Waals surface area contributed by atoms with E-state index in [9.17, 15) is 13.2 Å². The smallest absolute Gasteiger partial charge is 0.251 e. The summed E-state index contributed by atoms with van der Waals surface area (Å²) in [5.74, 6) is 0.526. The van der Waals surface area contributed by atoms with Gasteiger partial charge in [-0.05, 0) is 67.6 Å². The van der Waals surface area contributed by atoms with E-state index in [1.807, 2.05) is 6.92 Å². The molecule has 1 aliphatic rings. The Bertz CT molecular complexity index is 940. The zero-order valence-electron chi connectivity index (χ0n) is 17.2. The molecule has 156 valence electrons. The van der Waals surface area contributed by atoms with Crippen LogP contribution in [0, 0.1) is 5.92 Å². The van der Waals surface area contributed by atoms with Gasteiger partial charge in [0.15, 0.2) is 0 Å². The summed E-state index contributed by atoms with van der Waals surface area (Å²) in [5.41, 5.74) is 3.19. The van der Waals surface area contributed by atoms with Crippen LogP contribution in [0.3, 0.4) is 0 Å². The molecule has 2 atom stereocenters.